The van der Waals surface area contributed by atoms with Crippen molar-refractivity contribution in [1.29, 1.82) is 5.26 Å². The summed E-state index contributed by atoms with van der Waals surface area (Å²) < 4.78 is 0. The van der Waals surface area contributed by atoms with E-state index >= 15 is 0 Å². The summed E-state index contributed by atoms with van der Waals surface area (Å²) >= 11 is 1.96. The van der Waals surface area contributed by atoms with E-state index in [1.54, 1.807) is 0 Å². The Kier molecular flexibility index (Phi) is 5.30. The number of hydrogen-bond acceptors (Lipinski definition) is 3. The van der Waals surface area contributed by atoms with E-state index in [1.807, 2.05) is 42.1 Å². The van der Waals surface area contributed by atoms with Crippen molar-refractivity contribution in [2.24, 2.45) is 11.7 Å². The van der Waals surface area contributed by atoms with E-state index in [4.69, 9.17) is 5.73 Å². The minimum Gasteiger partial charge on any atom is -0.310 e. The molecule has 1 atom stereocenters. The fourth-order valence-corrected chi connectivity index (χ4v) is 3.96. The normalized spacial score (nSPS) is 18.9. The van der Waals surface area contributed by atoms with Crippen LogP contribution < -0.4 is 5.73 Å². The van der Waals surface area contributed by atoms with Gasteiger partial charge in [-0.2, -0.15) is 17.0 Å². The van der Waals surface area contributed by atoms with E-state index in [9.17, 15) is 5.26 Å². The quantitative estimate of drug-likeness (QED) is 0.805. The average Bonchev–Trinajstić information content (AvgIpc) is 2.97. The zero-order chi connectivity index (χ0) is 13.6. The number of nitrogens with zero attached hydrogens (tertiary/aromatic N) is 1. The predicted molar refractivity (Wildman–Crippen MR) is 81.8 cm³/mol. The van der Waals surface area contributed by atoms with Gasteiger partial charge in [0.25, 0.3) is 0 Å². The molecule has 0 radical (unpaired) electrons. The number of benzene rings is 1. The van der Waals surface area contributed by atoms with Crippen LogP contribution in [0.25, 0.3) is 0 Å². The maximum atomic E-state index is 9.37. The van der Waals surface area contributed by atoms with Gasteiger partial charge in [-0.25, -0.2) is 0 Å². The van der Waals surface area contributed by atoms with Crippen LogP contribution in [0.2, 0.25) is 0 Å². The lowest BCUT2D eigenvalue weighted by Crippen LogP contribution is -2.35. The van der Waals surface area contributed by atoms with Gasteiger partial charge in [-0.05, 0) is 42.2 Å². The van der Waals surface area contributed by atoms with Crippen LogP contribution in [0.15, 0.2) is 30.3 Å². The van der Waals surface area contributed by atoms with Crippen LogP contribution in [-0.2, 0) is 5.54 Å². The van der Waals surface area contributed by atoms with Crippen molar-refractivity contribution in [3.8, 4) is 6.07 Å². The van der Waals surface area contributed by atoms with Crippen LogP contribution in [0.5, 0.6) is 0 Å². The molecule has 0 heterocycles. The second-order valence-corrected chi connectivity index (χ2v) is 6.57. The first-order valence-corrected chi connectivity index (χ1v) is 8.23. The molecule has 2 nitrogen and oxygen atoms in total. The number of nitriles is 1. The molecule has 1 saturated carbocycles. The molecule has 0 bridgehead atoms. The summed E-state index contributed by atoms with van der Waals surface area (Å²) in [6.07, 6.45) is 6.29. The molecule has 3 heteroatoms. The Morgan fingerprint density at radius 3 is 2.58 bits per heavy atom. The number of hydrogen-bond donors (Lipinski definition) is 1. The van der Waals surface area contributed by atoms with Crippen molar-refractivity contribution in [1.82, 2.24) is 0 Å². The molecule has 0 saturated heterocycles. The molecule has 0 amide bonds. The Hall–Kier alpha value is -0.980. The Balaban J connectivity index is 1.80. The van der Waals surface area contributed by atoms with Crippen LogP contribution in [0.3, 0.4) is 0 Å². The van der Waals surface area contributed by atoms with Crippen molar-refractivity contribution in [2.45, 2.75) is 37.6 Å². The number of nitrogens with two attached hydrogens (primary N) is 1. The van der Waals surface area contributed by atoms with Crippen molar-refractivity contribution in [3.63, 3.8) is 0 Å². The molecule has 19 heavy (non-hydrogen) atoms. The van der Waals surface area contributed by atoms with Gasteiger partial charge in [0.05, 0.1) is 6.07 Å². The first kappa shape index (κ1) is 14.4. The van der Waals surface area contributed by atoms with Gasteiger partial charge in [0.1, 0.15) is 5.54 Å². The summed E-state index contributed by atoms with van der Waals surface area (Å²) in [6.45, 7) is 0. The van der Waals surface area contributed by atoms with Crippen molar-refractivity contribution < 1.29 is 0 Å². The second kappa shape index (κ2) is 6.98. The van der Waals surface area contributed by atoms with Gasteiger partial charge in [0, 0.05) is 0 Å². The van der Waals surface area contributed by atoms with E-state index < -0.39 is 5.54 Å². The highest BCUT2D eigenvalue weighted by Gasteiger charge is 2.26. The molecular weight excluding hydrogens is 252 g/mol. The lowest BCUT2D eigenvalue weighted by molar-refractivity contribution is 0.558. The van der Waals surface area contributed by atoms with E-state index in [-0.39, 0.29) is 0 Å². The first-order chi connectivity index (χ1) is 9.24. The van der Waals surface area contributed by atoms with E-state index in [2.05, 4.69) is 6.07 Å². The minimum atomic E-state index is -0.829. The zero-order valence-corrected chi connectivity index (χ0v) is 12.2. The maximum absolute atomic E-state index is 9.37. The lowest BCUT2D eigenvalue weighted by Gasteiger charge is -2.22. The lowest BCUT2D eigenvalue weighted by atomic mass is 9.90. The van der Waals surface area contributed by atoms with Crippen LogP contribution in [0, 0.1) is 17.2 Å². The third-order valence-corrected chi connectivity index (χ3v) is 5.16. The Bertz CT molecular complexity index is 420. The van der Waals surface area contributed by atoms with E-state index in [0.717, 1.165) is 23.7 Å². The summed E-state index contributed by atoms with van der Waals surface area (Å²) in [5.41, 5.74) is 6.34. The molecule has 1 aliphatic rings. The first-order valence-electron chi connectivity index (χ1n) is 7.08. The third kappa shape index (κ3) is 3.99. The Morgan fingerprint density at radius 2 is 1.95 bits per heavy atom. The largest absolute Gasteiger partial charge is 0.310 e. The Morgan fingerprint density at radius 1 is 1.26 bits per heavy atom. The minimum absolute atomic E-state index is 0.727. The molecule has 0 spiro atoms. The molecule has 1 aromatic carbocycles. The van der Waals surface area contributed by atoms with Gasteiger partial charge in [0.15, 0.2) is 0 Å². The zero-order valence-electron chi connectivity index (χ0n) is 11.3. The van der Waals surface area contributed by atoms with Gasteiger partial charge in [-0.15, -0.1) is 0 Å². The summed E-state index contributed by atoms with van der Waals surface area (Å²) in [7, 11) is 0. The highest BCUT2D eigenvalue weighted by molar-refractivity contribution is 7.99. The van der Waals surface area contributed by atoms with Crippen molar-refractivity contribution in [2.75, 3.05) is 11.5 Å². The SMILES string of the molecule is N#CC(N)(CCSCC1CCCC1)c1ccccc1. The molecule has 1 aromatic rings. The number of rotatable bonds is 6. The Labute approximate surface area is 120 Å². The fraction of sp³-hybridized carbons (Fsp3) is 0.562. The van der Waals surface area contributed by atoms with E-state index in [1.165, 1.54) is 31.4 Å². The average molecular weight is 274 g/mol. The highest BCUT2D eigenvalue weighted by atomic mass is 32.2. The molecule has 2 rings (SSSR count). The number of thioether (sulfide) groups is 1. The monoisotopic (exact) mass is 274 g/mol. The van der Waals surface area contributed by atoms with Gasteiger partial charge in [-0.3, -0.25) is 0 Å². The highest BCUT2D eigenvalue weighted by Crippen LogP contribution is 2.29. The molecule has 2 N–H and O–H groups in total. The van der Waals surface area contributed by atoms with Crippen molar-refractivity contribution >= 4 is 11.8 Å². The van der Waals surface area contributed by atoms with Crippen LogP contribution in [0.4, 0.5) is 0 Å². The summed E-state index contributed by atoms with van der Waals surface area (Å²) in [5.74, 6) is 3.10. The molecule has 0 aromatic heterocycles. The molecular formula is C16H22N2S. The second-order valence-electron chi connectivity index (χ2n) is 5.42. The molecule has 102 valence electrons. The molecule has 1 aliphatic carbocycles. The topological polar surface area (TPSA) is 49.8 Å². The third-order valence-electron chi connectivity index (χ3n) is 3.96. The van der Waals surface area contributed by atoms with Crippen LogP contribution >= 0.6 is 11.8 Å². The smallest absolute Gasteiger partial charge is 0.130 e. The molecule has 1 fully saturated rings. The van der Waals surface area contributed by atoms with Gasteiger partial charge in [0.2, 0.25) is 0 Å². The van der Waals surface area contributed by atoms with Crippen LogP contribution in [0.1, 0.15) is 37.7 Å². The summed E-state index contributed by atoms with van der Waals surface area (Å²) in [5, 5.41) is 9.37. The molecule has 0 aliphatic heterocycles. The van der Waals surface area contributed by atoms with Crippen LogP contribution in [-0.4, -0.2) is 11.5 Å². The summed E-state index contributed by atoms with van der Waals surface area (Å²) in [4.78, 5) is 0. The van der Waals surface area contributed by atoms with Gasteiger partial charge in [-0.1, -0.05) is 43.2 Å². The van der Waals surface area contributed by atoms with Crippen molar-refractivity contribution in [3.05, 3.63) is 35.9 Å². The summed E-state index contributed by atoms with van der Waals surface area (Å²) in [6, 6.07) is 12.0. The van der Waals surface area contributed by atoms with Gasteiger partial charge >= 0.3 is 0 Å². The van der Waals surface area contributed by atoms with Gasteiger partial charge < -0.3 is 5.73 Å². The fourth-order valence-electron chi connectivity index (χ4n) is 2.66. The predicted octanol–water partition coefficient (Wildman–Crippen LogP) is 3.68. The van der Waals surface area contributed by atoms with E-state index in [0.29, 0.717) is 0 Å². The maximum Gasteiger partial charge on any atom is 0.130 e. The standard InChI is InChI=1S/C16H22N2S/c17-13-16(18,15-8-2-1-3-9-15)10-11-19-12-14-6-4-5-7-14/h1-3,8-9,14H,4-7,10-12,18H2. The molecule has 1 unspecified atom stereocenters.